The molecule has 1 aromatic carbocycles. The number of esters is 1. The van der Waals surface area contributed by atoms with Crippen molar-refractivity contribution in [3.05, 3.63) is 29.8 Å². The number of halogens is 3. The summed E-state index contributed by atoms with van der Waals surface area (Å²) in [7, 11) is 1.32. The Morgan fingerprint density at radius 3 is 2.24 bits per heavy atom. The summed E-state index contributed by atoms with van der Waals surface area (Å²) < 4.78 is 45.1. The molecule has 1 unspecified atom stereocenters. The van der Waals surface area contributed by atoms with Gasteiger partial charge in [-0.05, 0) is 36.5 Å². The second-order valence-electron chi connectivity index (χ2n) is 5.16. The standard InChI is InChI=1S/C15H17F3O3/c1-20-14(19)13(10-4-2-3-5-10)11-6-8-12(9-7-11)21-15(16,17)18/h6-10,13H,2-5H2,1H3. The molecule has 1 fully saturated rings. The molecule has 3 nitrogen and oxygen atoms in total. The zero-order valence-electron chi connectivity index (χ0n) is 11.7. The topological polar surface area (TPSA) is 35.5 Å². The SMILES string of the molecule is COC(=O)C(c1ccc(OC(F)(F)F)cc1)C1CCCC1. The van der Waals surface area contributed by atoms with Gasteiger partial charge in [0.05, 0.1) is 13.0 Å². The Balaban J connectivity index is 2.18. The minimum atomic E-state index is -4.71. The van der Waals surface area contributed by atoms with Crippen LogP contribution in [0.1, 0.15) is 37.2 Å². The smallest absolute Gasteiger partial charge is 0.469 e. The lowest BCUT2D eigenvalue weighted by Gasteiger charge is -2.21. The van der Waals surface area contributed by atoms with Crippen LogP contribution in [0.2, 0.25) is 0 Å². The van der Waals surface area contributed by atoms with Gasteiger partial charge in [0.25, 0.3) is 0 Å². The molecule has 1 aromatic rings. The van der Waals surface area contributed by atoms with Gasteiger partial charge in [0.15, 0.2) is 0 Å². The quantitative estimate of drug-likeness (QED) is 0.788. The van der Waals surface area contributed by atoms with E-state index in [-0.39, 0.29) is 17.6 Å². The molecule has 0 saturated heterocycles. The van der Waals surface area contributed by atoms with Gasteiger partial charge < -0.3 is 9.47 Å². The number of ether oxygens (including phenoxy) is 2. The van der Waals surface area contributed by atoms with Crippen molar-refractivity contribution >= 4 is 5.97 Å². The fraction of sp³-hybridized carbons (Fsp3) is 0.533. The van der Waals surface area contributed by atoms with Gasteiger partial charge in [0, 0.05) is 0 Å². The van der Waals surface area contributed by atoms with Crippen LogP contribution in [-0.2, 0) is 9.53 Å². The predicted molar refractivity (Wildman–Crippen MR) is 69.8 cm³/mol. The van der Waals surface area contributed by atoms with Gasteiger partial charge in [-0.2, -0.15) is 0 Å². The van der Waals surface area contributed by atoms with Crippen LogP contribution < -0.4 is 4.74 Å². The van der Waals surface area contributed by atoms with Crippen molar-refractivity contribution in [3.63, 3.8) is 0 Å². The number of methoxy groups -OCH3 is 1. The Labute approximate surface area is 121 Å². The van der Waals surface area contributed by atoms with Crippen LogP contribution in [0.25, 0.3) is 0 Å². The molecule has 0 spiro atoms. The van der Waals surface area contributed by atoms with Crippen LogP contribution in [0, 0.1) is 5.92 Å². The summed E-state index contributed by atoms with van der Waals surface area (Å²) in [6.45, 7) is 0. The maximum absolute atomic E-state index is 12.1. The maximum atomic E-state index is 12.1. The number of alkyl halides is 3. The molecule has 1 saturated carbocycles. The average Bonchev–Trinajstić information content (AvgIpc) is 2.93. The largest absolute Gasteiger partial charge is 0.573 e. The normalized spacial score (nSPS) is 17.5. The highest BCUT2D eigenvalue weighted by atomic mass is 19.4. The molecule has 0 amide bonds. The van der Waals surface area contributed by atoms with Gasteiger partial charge in [-0.25, -0.2) is 0 Å². The van der Waals surface area contributed by atoms with Crippen molar-refractivity contribution in [2.45, 2.75) is 38.0 Å². The molecule has 1 aliphatic carbocycles. The Kier molecular flexibility index (Phi) is 4.75. The molecular weight excluding hydrogens is 285 g/mol. The third-order valence-electron chi connectivity index (χ3n) is 3.80. The second kappa shape index (κ2) is 6.37. The monoisotopic (exact) mass is 302 g/mol. The van der Waals surface area contributed by atoms with Gasteiger partial charge in [0.1, 0.15) is 5.75 Å². The summed E-state index contributed by atoms with van der Waals surface area (Å²) >= 11 is 0. The van der Waals surface area contributed by atoms with Crippen molar-refractivity contribution in [2.75, 3.05) is 7.11 Å². The number of hydrogen-bond donors (Lipinski definition) is 0. The van der Waals surface area contributed by atoms with Gasteiger partial charge >= 0.3 is 12.3 Å². The first-order valence-electron chi connectivity index (χ1n) is 6.84. The fourth-order valence-corrected chi connectivity index (χ4v) is 2.90. The molecule has 1 aliphatic rings. The van der Waals surface area contributed by atoms with Crippen molar-refractivity contribution in [2.24, 2.45) is 5.92 Å². The maximum Gasteiger partial charge on any atom is 0.573 e. The second-order valence-corrected chi connectivity index (χ2v) is 5.16. The Hall–Kier alpha value is -1.72. The van der Waals surface area contributed by atoms with Crippen LogP contribution in [0.5, 0.6) is 5.75 Å². The van der Waals surface area contributed by atoms with Gasteiger partial charge in [-0.15, -0.1) is 13.2 Å². The summed E-state index contributed by atoms with van der Waals surface area (Å²) in [5, 5.41) is 0. The minimum absolute atomic E-state index is 0.187. The van der Waals surface area contributed by atoms with E-state index in [1.54, 1.807) is 0 Å². The van der Waals surface area contributed by atoms with Crippen LogP contribution in [0.15, 0.2) is 24.3 Å². The summed E-state index contributed by atoms with van der Waals surface area (Å²) in [5.41, 5.74) is 0.670. The van der Waals surface area contributed by atoms with E-state index in [9.17, 15) is 18.0 Å². The van der Waals surface area contributed by atoms with Crippen molar-refractivity contribution in [1.82, 2.24) is 0 Å². The van der Waals surface area contributed by atoms with E-state index < -0.39 is 12.3 Å². The lowest BCUT2D eigenvalue weighted by molar-refractivity contribution is -0.274. The van der Waals surface area contributed by atoms with Gasteiger partial charge in [-0.3, -0.25) is 4.79 Å². The Morgan fingerprint density at radius 2 is 1.76 bits per heavy atom. The number of carbonyl (C=O) groups is 1. The van der Waals surface area contributed by atoms with Crippen LogP contribution in [0.4, 0.5) is 13.2 Å². The van der Waals surface area contributed by atoms with Gasteiger partial charge in [0.2, 0.25) is 0 Å². The average molecular weight is 302 g/mol. The van der Waals surface area contributed by atoms with Crippen LogP contribution >= 0.6 is 0 Å². The molecule has 0 N–H and O–H groups in total. The highest BCUT2D eigenvalue weighted by molar-refractivity contribution is 5.78. The molecule has 0 radical (unpaired) electrons. The van der Waals surface area contributed by atoms with Gasteiger partial charge in [-0.1, -0.05) is 25.0 Å². The summed E-state index contributed by atoms with van der Waals surface area (Å²) in [6, 6.07) is 5.46. The highest BCUT2D eigenvalue weighted by Gasteiger charge is 2.34. The minimum Gasteiger partial charge on any atom is -0.469 e. The summed E-state index contributed by atoms with van der Waals surface area (Å²) in [4.78, 5) is 12.0. The van der Waals surface area contributed by atoms with E-state index in [4.69, 9.17) is 4.74 Å². The molecular formula is C15H17F3O3. The molecule has 0 bridgehead atoms. The Bertz CT molecular complexity index is 476. The van der Waals surface area contributed by atoms with Crippen molar-refractivity contribution in [3.8, 4) is 5.75 Å². The molecule has 0 aromatic heterocycles. The number of benzene rings is 1. The third kappa shape index (κ3) is 4.12. The first-order valence-corrected chi connectivity index (χ1v) is 6.84. The highest BCUT2D eigenvalue weighted by Crippen LogP contribution is 2.38. The molecule has 1 atom stereocenters. The predicted octanol–water partition coefficient (Wildman–Crippen LogP) is 4.03. The first kappa shape index (κ1) is 15.7. The number of carbonyl (C=O) groups excluding carboxylic acids is 1. The molecule has 0 aliphatic heterocycles. The first-order chi connectivity index (χ1) is 9.90. The molecule has 2 rings (SSSR count). The summed E-state index contributed by atoms with van der Waals surface area (Å²) in [5.74, 6) is -0.864. The van der Waals surface area contributed by atoms with E-state index in [1.165, 1.54) is 31.4 Å². The van der Waals surface area contributed by atoms with E-state index in [1.807, 2.05) is 0 Å². The number of rotatable bonds is 4. The van der Waals surface area contributed by atoms with Crippen LogP contribution in [-0.4, -0.2) is 19.4 Å². The molecule has 21 heavy (non-hydrogen) atoms. The van der Waals surface area contributed by atoms with Crippen molar-refractivity contribution < 1.29 is 27.4 Å². The lowest BCUT2D eigenvalue weighted by Crippen LogP contribution is -2.21. The zero-order valence-corrected chi connectivity index (χ0v) is 11.7. The van der Waals surface area contributed by atoms with E-state index in [0.717, 1.165) is 25.7 Å². The van der Waals surface area contributed by atoms with Crippen molar-refractivity contribution in [1.29, 1.82) is 0 Å². The number of hydrogen-bond acceptors (Lipinski definition) is 3. The Morgan fingerprint density at radius 1 is 1.19 bits per heavy atom. The zero-order chi connectivity index (χ0) is 15.5. The third-order valence-corrected chi connectivity index (χ3v) is 3.80. The van der Waals surface area contributed by atoms with Crippen LogP contribution in [0.3, 0.4) is 0 Å². The van der Waals surface area contributed by atoms with E-state index >= 15 is 0 Å². The molecule has 6 heteroatoms. The van der Waals surface area contributed by atoms with E-state index in [2.05, 4.69) is 4.74 Å². The summed E-state index contributed by atoms with van der Waals surface area (Å²) in [6.07, 6.45) is -0.725. The molecule has 116 valence electrons. The lowest BCUT2D eigenvalue weighted by atomic mass is 9.85. The fourth-order valence-electron chi connectivity index (χ4n) is 2.90. The van der Waals surface area contributed by atoms with E-state index in [0.29, 0.717) is 5.56 Å². The molecule has 0 heterocycles.